The zero-order valence-corrected chi connectivity index (χ0v) is 13.3. The molecule has 0 bridgehead atoms. The highest BCUT2D eigenvalue weighted by Gasteiger charge is 2.39. The summed E-state index contributed by atoms with van der Waals surface area (Å²) < 4.78 is 0. The monoisotopic (exact) mass is 261 g/mol. The molecule has 1 aromatic rings. The van der Waals surface area contributed by atoms with E-state index in [9.17, 15) is 4.79 Å². The normalized spacial score (nSPS) is 12.1. The van der Waals surface area contributed by atoms with Crippen LogP contribution in [0.4, 0.5) is 5.69 Å². The van der Waals surface area contributed by atoms with Gasteiger partial charge in [0.05, 0.1) is 5.41 Å². The zero-order chi connectivity index (χ0) is 14.8. The van der Waals surface area contributed by atoms with Crippen LogP contribution in [-0.4, -0.2) is 5.91 Å². The molecule has 0 aromatic heterocycles. The molecule has 1 aromatic carbocycles. The number of hydrogen-bond donors (Lipinski definition) is 1. The number of nitrogens with one attached hydrogen (secondary N) is 1. The Bertz CT molecular complexity index is 452. The van der Waals surface area contributed by atoms with Crippen molar-refractivity contribution in [1.82, 2.24) is 0 Å². The van der Waals surface area contributed by atoms with Crippen molar-refractivity contribution in [3.63, 3.8) is 0 Å². The van der Waals surface area contributed by atoms with E-state index in [1.165, 1.54) is 11.1 Å². The standard InChI is InChI=1S/C17H27NO/c1-11(2)17(7,12(3)4)16(19)18-15-9-8-13(5)14(6)10-15/h8-12H,1-7H3,(H,18,19). The number of benzene rings is 1. The van der Waals surface area contributed by atoms with E-state index < -0.39 is 0 Å². The second kappa shape index (κ2) is 5.77. The van der Waals surface area contributed by atoms with Gasteiger partial charge in [-0.1, -0.05) is 40.7 Å². The first-order valence-electron chi connectivity index (χ1n) is 7.08. The smallest absolute Gasteiger partial charge is 0.230 e. The highest BCUT2D eigenvalue weighted by molar-refractivity contribution is 5.95. The van der Waals surface area contributed by atoms with Gasteiger partial charge < -0.3 is 5.32 Å². The van der Waals surface area contributed by atoms with Crippen LogP contribution in [0.2, 0.25) is 0 Å². The molecule has 1 amide bonds. The molecule has 0 radical (unpaired) electrons. The molecule has 0 aliphatic carbocycles. The molecule has 106 valence electrons. The van der Waals surface area contributed by atoms with Crippen molar-refractivity contribution < 1.29 is 4.79 Å². The molecular formula is C17H27NO. The minimum atomic E-state index is -0.348. The molecule has 0 aliphatic rings. The van der Waals surface area contributed by atoms with Crippen molar-refractivity contribution >= 4 is 11.6 Å². The second-order valence-electron chi connectivity index (χ2n) is 6.35. The molecule has 0 saturated heterocycles. The van der Waals surface area contributed by atoms with Crippen molar-refractivity contribution in [3.05, 3.63) is 29.3 Å². The third-order valence-corrected chi connectivity index (χ3v) is 4.65. The fourth-order valence-corrected chi connectivity index (χ4v) is 2.28. The minimum absolute atomic E-state index is 0.112. The number of anilines is 1. The summed E-state index contributed by atoms with van der Waals surface area (Å²) in [5, 5.41) is 3.07. The Balaban J connectivity index is 2.97. The van der Waals surface area contributed by atoms with Gasteiger partial charge in [-0.15, -0.1) is 0 Å². The molecule has 1 rings (SSSR count). The summed E-state index contributed by atoms with van der Waals surface area (Å²) in [6.45, 7) is 14.6. The maximum Gasteiger partial charge on any atom is 0.230 e. The number of aryl methyl sites for hydroxylation is 2. The van der Waals surface area contributed by atoms with Gasteiger partial charge in [-0.25, -0.2) is 0 Å². The van der Waals surface area contributed by atoms with Gasteiger partial charge in [0.1, 0.15) is 0 Å². The quantitative estimate of drug-likeness (QED) is 0.845. The van der Waals surface area contributed by atoms with E-state index in [0.29, 0.717) is 11.8 Å². The van der Waals surface area contributed by atoms with E-state index >= 15 is 0 Å². The maximum absolute atomic E-state index is 12.6. The first-order valence-corrected chi connectivity index (χ1v) is 7.08. The molecule has 0 atom stereocenters. The lowest BCUT2D eigenvalue weighted by Crippen LogP contribution is -2.42. The lowest BCUT2D eigenvalue weighted by molar-refractivity contribution is -0.129. The van der Waals surface area contributed by atoms with Crippen LogP contribution >= 0.6 is 0 Å². The predicted molar refractivity (Wildman–Crippen MR) is 82.3 cm³/mol. The van der Waals surface area contributed by atoms with E-state index in [2.05, 4.69) is 53.8 Å². The molecular weight excluding hydrogens is 234 g/mol. The number of amides is 1. The second-order valence-corrected chi connectivity index (χ2v) is 6.35. The molecule has 0 aliphatic heterocycles. The van der Waals surface area contributed by atoms with Gasteiger partial charge in [0, 0.05) is 5.69 Å². The summed E-state index contributed by atoms with van der Waals surface area (Å²) in [5.41, 5.74) is 2.99. The third-order valence-electron chi connectivity index (χ3n) is 4.65. The van der Waals surface area contributed by atoms with Gasteiger partial charge in [0.25, 0.3) is 0 Å². The Labute approximate surface area is 117 Å². The molecule has 0 spiro atoms. The number of carbonyl (C=O) groups is 1. The fourth-order valence-electron chi connectivity index (χ4n) is 2.28. The van der Waals surface area contributed by atoms with Crippen LogP contribution in [0.3, 0.4) is 0 Å². The van der Waals surface area contributed by atoms with Crippen LogP contribution in [0.25, 0.3) is 0 Å². The number of rotatable bonds is 4. The van der Waals surface area contributed by atoms with Gasteiger partial charge in [-0.05, 0) is 48.9 Å². The topological polar surface area (TPSA) is 29.1 Å². The van der Waals surface area contributed by atoms with E-state index in [1.54, 1.807) is 0 Å². The highest BCUT2D eigenvalue weighted by Crippen LogP contribution is 2.36. The molecule has 2 nitrogen and oxygen atoms in total. The van der Waals surface area contributed by atoms with Crippen LogP contribution < -0.4 is 5.32 Å². The predicted octanol–water partition coefficient (Wildman–Crippen LogP) is 4.56. The van der Waals surface area contributed by atoms with Crippen LogP contribution in [0.1, 0.15) is 45.7 Å². The van der Waals surface area contributed by atoms with Crippen molar-refractivity contribution in [2.75, 3.05) is 5.32 Å². The van der Waals surface area contributed by atoms with Crippen LogP contribution in [0.5, 0.6) is 0 Å². The molecule has 1 N–H and O–H groups in total. The SMILES string of the molecule is Cc1ccc(NC(=O)C(C)(C(C)C)C(C)C)cc1C. The van der Waals surface area contributed by atoms with E-state index in [4.69, 9.17) is 0 Å². The van der Waals surface area contributed by atoms with Gasteiger partial charge in [-0.2, -0.15) is 0 Å². The Morgan fingerprint density at radius 3 is 2.00 bits per heavy atom. The Kier molecular flexibility index (Phi) is 4.78. The third kappa shape index (κ3) is 3.17. The van der Waals surface area contributed by atoms with Crippen LogP contribution in [-0.2, 0) is 4.79 Å². The van der Waals surface area contributed by atoms with Gasteiger partial charge in [-0.3, -0.25) is 4.79 Å². The van der Waals surface area contributed by atoms with E-state index in [0.717, 1.165) is 5.69 Å². The Hall–Kier alpha value is -1.31. The summed E-state index contributed by atoms with van der Waals surface area (Å²) in [4.78, 5) is 12.6. The summed E-state index contributed by atoms with van der Waals surface area (Å²) >= 11 is 0. The van der Waals surface area contributed by atoms with Crippen LogP contribution in [0.15, 0.2) is 18.2 Å². The molecule has 0 unspecified atom stereocenters. The number of carbonyl (C=O) groups excluding carboxylic acids is 1. The molecule has 2 heteroatoms. The summed E-state index contributed by atoms with van der Waals surface area (Å²) in [6, 6.07) is 6.06. The van der Waals surface area contributed by atoms with Crippen LogP contribution in [0, 0.1) is 31.1 Å². The van der Waals surface area contributed by atoms with Crippen molar-refractivity contribution in [1.29, 1.82) is 0 Å². The minimum Gasteiger partial charge on any atom is -0.326 e. The van der Waals surface area contributed by atoms with Gasteiger partial charge >= 0.3 is 0 Å². The maximum atomic E-state index is 12.6. The summed E-state index contributed by atoms with van der Waals surface area (Å²) in [6.07, 6.45) is 0. The lowest BCUT2D eigenvalue weighted by Gasteiger charge is -2.36. The Morgan fingerprint density at radius 1 is 1.05 bits per heavy atom. The number of hydrogen-bond acceptors (Lipinski definition) is 1. The lowest BCUT2D eigenvalue weighted by atomic mass is 9.70. The Morgan fingerprint density at radius 2 is 1.58 bits per heavy atom. The zero-order valence-electron chi connectivity index (χ0n) is 13.3. The molecule has 0 saturated carbocycles. The van der Waals surface area contributed by atoms with Crippen molar-refractivity contribution in [2.45, 2.75) is 48.5 Å². The summed E-state index contributed by atoms with van der Waals surface area (Å²) in [5.74, 6) is 0.721. The first kappa shape index (κ1) is 15.7. The first-order chi connectivity index (χ1) is 8.69. The highest BCUT2D eigenvalue weighted by atomic mass is 16.2. The summed E-state index contributed by atoms with van der Waals surface area (Å²) in [7, 11) is 0. The van der Waals surface area contributed by atoms with Gasteiger partial charge in [0.15, 0.2) is 0 Å². The molecule has 0 fully saturated rings. The van der Waals surface area contributed by atoms with Crippen molar-refractivity contribution in [3.8, 4) is 0 Å². The average Bonchev–Trinajstić information content (AvgIpc) is 2.32. The molecule has 0 heterocycles. The largest absolute Gasteiger partial charge is 0.326 e. The molecule has 19 heavy (non-hydrogen) atoms. The fraction of sp³-hybridized carbons (Fsp3) is 0.588. The average molecular weight is 261 g/mol. The van der Waals surface area contributed by atoms with Crippen molar-refractivity contribution in [2.24, 2.45) is 17.3 Å². The van der Waals surface area contributed by atoms with E-state index in [-0.39, 0.29) is 11.3 Å². The van der Waals surface area contributed by atoms with E-state index in [1.807, 2.05) is 18.2 Å². The van der Waals surface area contributed by atoms with Gasteiger partial charge in [0.2, 0.25) is 5.91 Å².